The fraction of sp³-hybridized carbons (Fsp3) is 0. The van der Waals surface area contributed by atoms with Gasteiger partial charge in [0, 0.05) is 5.56 Å². The van der Waals surface area contributed by atoms with Crippen LogP contribution in [0.25, 0.3) is 10.4 Å². The minimum Gasteiger partial charge on any atom is -0.225 e. The zero-order valence-corrected chi connectivity index (χ0v) is 9.12. The van der Waals surface area contributed by atoms with Crippen LogP contribution >= 0.6 is 11.5 Å². The van der Waals surface area contributed by atoms with Crippen LogP contribution in [0.5, 0.6) is 0 Å². The second kappa shape index (κ2) is 3.69. The van der Waals surface area contributed by atoms with Gasteiger partial charge in [-0.2, -0.15) is 0 Å². The molecule has 2 rings (SSSR count). The first-order valence-corrected chi connectivity index (χ1v) is 6.30. The molecule has 5 nitrogen and oxygen atoms in total. The van der Waals surface area contributed by atoms with Gasteiger partial charge in [0.2, 0.25) is 10.0 Å². The average Bonchev–Trinajstić information content (AvgIpc) is 2.69. The summed E-state index contributed by atoms with van der Waals surface area (Å²) in [6.45, 7) is 0. The molecule has 2 N–H and O–H groups in total. The van der Waals surface area contributed by atoms with Gasteiger partial charge in [-0.3, -0.25) is 0 Å². The monoisotopic (exact) mass is 241 g/mol. The Bertz CT molecular complexity index is 563. The summed E-state index contributed by atoms with van der Waals surface area (Å²) >= 11 is 1.13. The number of sulfonamides is 1. The number of hydrogen-bond donors (Lipinski definition) is 1. The number of benzene rings is 1. The van der Waals surface area contributed by atoms with Crippen LogP contribution in [0.15, 0.2) is 35.4 Å². The molecule has 78 valence electrons. The highest BCUT2D eigenvalue weighted by Gasteiger charge is 2.15. The molecule has 1 heterocycles. The van der Waals surface area contributed by atoms with Gasteiger partial charge in [0.1, 0.15) is 0 Å². The van der Waals surface area contributed by atoms with E-state index in [1.54, 1.807) is 18.2 Å². The summed E-state index contributed by atoms with van der Waals surface area (Å²) in [5.74, 6) is 0. The highest BCUT2D eigenvalue weighted by Crippen LogP contribution is 2.27. The van der Waals surface area contributed by atoms with Crippen molar-refractivity contribution in [3.8, 4) is 10.4 Å². The molecule has 0 aliphatic heterocycles. The molecule has 0 fully saturated rings. The summed E-state index contributed by atoms with van der Waals surface area (Å²) in [4.78, 5) is 0.774. The second-order valence-electron chi connectivity index (χ2n) is 2.82. The zero-order chi connectivity index (χ0) is 10.9. The molecule has 0 aliphatic carbocycles. The summed E-state index contributed by atoms with van der Waals surface area (Å²) in [6, 6.07) is 6.50. The summed E-state index contributed by atoms with van der Waals surface area (Å²) in [6.07, 6.45) is 1.51. The van der Waals surface area contributed by atoms with Gasteiger partial charge in [-0.05, 0) is 17.6 Å². The number of nitrogens with zero attached hydrogens (tertiary/aromatic N) is 2. The van der Waals surface area contributed by atoms with E-state index in [-0.39, 0.29) is 4.90 Å². The summed E-state index contributed by atoms with van der Waals surface area (Å²) < 4.78 is 26.3. The van der Waals surface area contributed by atoms with Gasteiger partial charge in [0.25, 0.3) is 0 Å². The van der Waals surface area contributed by atoms with E-state index in [0.29, 0.717) is 10.4 Å². The van der Waals surface area contributed by atoms with Crippen molar-refractivity contribution in [3.05, 3.63) is 30.5 Å². The average molecular weight is 241 g/mol. The van der Waals surface area contributed by atoms with E-state index >= 15 is 0 Å². The van der Waals surface area contributed by atoms with Crippen LogP contribution in [0.3, 0.4) is 0 Å². The van der Waals surface area contributed by atoms with E-state index < -0.39 is 10.0 Å². The van der Waals surface area contributed by atoms with Crippen molar-refractivity contribution < 1.29 is 8.42 Å². The Morgan fingerprint density at radius 3 is 2.60 bits per heavy atom. The Kier molecular flexibility index (Phi) is 2.51. The maximum Gasteiger partial charge on any atom is 0.238 e. The number of nitrogens with two attached hydrogens (primary N) is 1. The lowest BCUT2D eigenvalue weighted by molar-refractivity contribution is 0.598. The molecule has 0 amide bonds. The molecule has 0 radical (unpaired) electrons. The summed E-state index contributed by atoms with van der Waals surface area (Å²) in [7, 11) is -3.71. The van der Waals surface area contributed by atoms with Crippen molar-refractivity contribution in [2.75, 3.05) is 0 Å². The fourth-order valence-corrected chi connectivity index (χ4v) is 2.57. The molecule has 0 saturated carbocycles. The lowest BCUT2D eigenvalue weighted by atomic mass is 10.2. The topological polar surface area (TPSA) is 85.9 Å². The van der Waals surface area contributed by atoms with E-state index in [0.717, 1.165) is 11.5 Å². The Morgan fingerprint density at radius 2 is 2.00 bits per heavy atom. The third kappa shape index (κ3) is 2.04. The number of aromatic nitrogens is 2. The molecule has 15 heavy (non-hydrogen) atoms. The third-order valence-corrected chi connectivity index (χ3v) is 3.49. The molecule has 1 aromatic carbocycles. The number of rotatable bonds is 2. The lowest BCUT2D eigenvalue weighted by Gasteiger charge is -2.03. The van der Waals surface area contributed by atoms with Crippen molar-refractivity contribution in [3.63, 3.8) is 0 Å². The Morgan fingerprint density at radius 1 is 1.27 bits per heavy atom. The van der Waals surface area contributed by atoms with Gasteiger partial charge >= 0.3 is 0 Å². The van der Waals surface area contributed by atoms with Crippen molar-refractivity contribution in [1.82, 2.24) is 9.59 Å². The van der Waals surface area contributed by atoms with Gasteiger partial charge in [0.15, 0.2) is 0 Å². The Hall–Kier alpha value is -1.31. The highest BCUT2D eigenvalue weighted by atomic mass is 32.2. The first-order chi connectivity index (χ1) is 7.09. The molecule has 0 atom stereocenters. The van der Waals surface area contributed by atoms with Crippen LogP contribution in [0.2, 0.25) is 0 Å². The first kappa shape index (κ1) is 10.2. The minimum absolute atomic E-state index is 0.0936. The van der Waals surface area contributed by atoms with Crippen molar-refractivity contribution >= 4 is 21.6 Å². The predicted molar refractivity (Wildman–Crippen MR) is 56.7 cm³/mol. The van der Waals surface area contributed by atoms with Crippen LogP contribution in [0, 0.1) is 0 Å². The molecular weight excluding hydrogens is 234 g/mol. The van der Waals surface area contributed by atoms with Crippen molar-refractivity contribution in [2.24, 2.45) is 5.14 Å². The second-order valence-corrected chi connectivity index (χ2v) is 5.14. The van der Waals surface area contributed by atoms with E-state index in [2.05, 4.69) is 9.59 Å². The quantitative estimate of drug-likeness (QED) is 0.844. The zero-order valence-electron chi connectivity index (χ0n) is 7.49. The van der Waals surface area contributed by atoms with Gasteiger partial charge < -0.3 is 0 Å². The summed E-state index contributed by atoms with van der Waals surface area (Å²) in [5, 5.41) is 8.75. The standard InChI is InChI=1S/C8H7N3O2S2/c9-15(12,13)8-4-2-1-3-6(8)7-5-10-11-14-7/h1-5H,(H2,9,12,13). The van der Waals surface area contributed by atoms with Crippen molar-refractivity contribution in [2.45, 2.75) is 4.90 Å². The fourth-order valence-electron chi connectivity index (χ4n) is 1.20. The van der Waals surface area contributed by atoms with E-state index in [1.807, 2.05) is 0 Å². The maximum absolute atomic E-state index is 11.3. The van der Waals surface area contributed by atoms with Gasteiger partial charge in [0.05, 0.1) is 16.0 Å². The molecule has 1 aromatic heterocycles. The first-order valence-electron chi connectivity index (χ1n) is 3.98. The molecule has 0 saturated heterocycles. The molecule has 0 unspecified atom stereocenters. The number of primary sulfonamides is 1. The van der Waals surface area contributed by atoms with Crippen LogP contribution < -0.4 is 5.14 Å². The van der Waals surface area contributed by atoms with E-state index in [4.69, 9.17) is 5.14 Å². The largest absolute Gasteiger partial charge is 0.238 e. The van der Waals surface area contributed by atoms with Crippen LogP contribution in [-0.2, 0) is 10.0 Å². The lowest BCUT2D eigenvalue weighted by Crippen LogP contribution is -2.13. The molecular formula is C8H7N3O2S2. The molecule has 7 heteroatoms. The number of hydrogen-bond acceptors (Lipinski definition) is 5. The summed E-state index contributed by atoms with van der Waals surface area (Å²) in [5.41, 5.74) is 0.537. The minimum atomic E-state index is -3.71. The Balaban J connectivity index is 2.68. The van der Waals surface area contributed by atoms with Crippen molar-refractivity contribution in [1.29, 1.82) is 0 Å². The van der Waals surface area contributed by atoms with Gasteiger partial charge in [-0.25, -0.2) is 13.6 Å². The molecule has 0 bridgehead atoms. The van der Waals surface area contributed by atoms with Gasteiger partial charge in [-0.1, -0.05) is 22.7 Å². The smallest absolute Gasteiger partial charge is 0.225 e. The van der Waals surface area contributed by atoms with Crippen LogP contribution in [0.1, 0.15) is 0 Å². The molecule has 2 aromatic rings. The van der Waals surface area contributed by atoms with Crippen LogP contribution in [0.4, 0.5) is 0 Å². The molecule has 0 aliphatic rings. The maximum atomic E-state index is 11.3. The Labute approximate surface area is 90.8 Å². The third-order valence-electron chi connectivity index (χ3n) is 1.82. The van der Waals surface area contributed by atoms with Gasteiger partial charge in [-0.15, -0.1) is 5.10 Å². The predicted octanol–water partition coefficient (Wildman–Crippen LogP) is 0.853. The SMILES string of the molecule is NS(=O)(=O)c1ccccc1-c1cnns1. The normalized spacial score (nSPS) is 11.5. The van der Waals surface area contributed by atoms with E-state index in [9.17, 15) is 8.42 Å². The van der Waals surface area contributed by atoms with E-state index in [1.165, 1.54) is 12.3 Å². The molecule has 0 spiro atoms. The van der Waals surface area contributed by atoms with Crippen LogP contribution in [-0.4, -0.2) is 18.0 Å². The highest BCUT2D eigenvalue weighted by molar-refractivity contribution is 7.89.